The van der Waals surface area contributed by atoms with Crippen molar-refractivity contribution in [2.75, 3.05) is 19.7 Å². The number of benzene rings is 3. The fourth-order valence-corrected chi connectivity index (χ4v) is 8.71. The first-order valence-corrected chi connectivity index (χ1v) is 16.5. The number of rotatable bonds is 13. The molecule has 3 aromatic carbocycles. The van der Waals surface area contributed by atoms with E-state index < -0.39 is 6.10 Å². The van der Waals surface area contributed by atoms with Crippen molar-refractivity contribution in [3.8, 4) is 11.5 Å². The van der Waals surface area contributed by atoms with Gasteiger partial charge < -0.3 is 24.9 Å². The lowest BCUT2D eigenvalue weighted by molar-refractivity contribution is -0.0622. The average molecular weight is 593 g/mol. The molecular formula is C38H44N2O4. The molecule has 1 heterocycles. The van der Waals surface area contributed by atoms with Gasteiger partial charge >= 0.3 is 0 Å². The van der Waals surface area contributed by atoms with E-state index in [1.54, 1.807) is 6.07 Å². The van der Waals surface area contributed by atoms with Crippen molar-refractivity contribution in [2.45, 2.75) is 64.1 Å². The van der Waals surface area contributed by atoms with Crippen molar-refractivity contribution >= 4 is 10.9 Å². The van der Waals surface area contributed by atoms with Gasteiger partial charge in [-0.05, 0) is 122 Å². The van der Waals surface area contributed by atoms with E-state index in [0.717, 1.165) is 59.6 Å². The Morgan fingerprint density at radius 1 is 0.841 bits per heavy atom. The van der Waals surface area contributed by atoms with Gasteiger partial charge in [0.2, 0.25) is 5.56 Å². The number of aromatic nitrogens is 1. The predicted molar refractivity (Wildman–Crippen MR) is 174 cm³/mol. The lowest BCUT2D eigenvalue weighted by atomic mass is 9.49. The Morgan fingerprint density at radius 3 is 2.30 bits per heavy atom. The number of hydrogen-bond acceptors (Lipinski definition) is 5. The summed E-state index contributed by atoms with van der Waals surface area (Å²) in [6.07, 6.45) is 10.1. The number of aliphatic hydroxyl groups excluding tert-OH is 1. The van der Waals surface area contributed by atoms with E-state index in [1.807, 2.05) is 42.5 Å². The van der Waals surface area contributed by atoms with Crippen LogP contribution in [0.1, 0.15) is 67.7 Å². The Morgan fingerprint density at radius 2 is 1.57 bits per heavy atom. The number of ether oxygens (including phenoxy) is 2. The minimum absolute atomic E-state index is 0.203. The van der Waals surface area contributed by atoms with Crippen molar-refractivity contribution < 1.29 is 14.6 Å². The number of aromatic amines is 1. The summed E-state index contributed by atoms with van der Waals surface area (Å²) in [5.41, 5.74) is 4.00. The normalized spacial score (nSPS) is 24.4. The molecule has 44 heavy (non-hydrogen) atoms. The summed E-state index contributed by atoms with van der Waals surface area (Å²) in [5, 5.41) is 15.2. The van der Waals surface area contributed by atoms with Crippen LogP contribution in [0.4, 0.5) is 0 Å². The number of pyridine rings is 1. The minimum Gasteiger partial charge on any atom is -0.494 e. The molecule has 4 aromatic rings. The molecule has 230 valence electrons. The van der Waals surface area contributed by atoms with E-state index in [2.05, 4.69) is 34.6 Å². The Labute approximate surface area is 259 Å². The van der Waals surface area contributed by atoms with E-state index in [-0.39, 0.29) is 5.56 Å². The van der Waals surface area contributed by atoms with E-state index in [9.17, 15) is 9.90 Å². The number of aliphatic hydroxyl groups is 1. The van der Waals surface area contributed by atoms with Gasteiger partial charge in [0, 0.05) is 18.0 Å². The fraction of sp³-hybridized carbons (Fsp3) is 0.447. The van der Waals surface area contributed by atoms with Crippen LogP contribution >= 0.6 is 0 Å². The summed E-state index contributed by atoms with van der Waals surface area (Å²) in [4.78, 5) is 15.0. The highest BCUT2D eigenvalue weighted by atomic mass is 16.5. The van der Waals surface area contributed by atoms with Gasteiger partial charge in [-0.1, -0.05) is 48.5 Å². The zero-order chi connectivity index (χ0) is 29.9. The Kier molecular flexibility index (Phi) is 8.46. The molecular weight excluding hydrogens is 548 g/mol. The van der Waals surface area contributed by atoms with Crippen molar-refractivity contribution in [2.24, 2.45) is 23.2 Å². The Balaban J connectivity index is 0.883. The van der Waals surface area contributed by atoms with Gasteiger partial charge in [-0.3, -0.25) is 4.79 Å². The van der Waals surface area contributed by atoms with Crippen LogP contribution in [-0.2, 0) is 13.0 Å². The number of hydrogen-bond donors (Lipinski definition) is 3. The average Bonchev–Trinajstić information content (AvgIpc) is 3.02. The van der Waals surface area contributed by atoms with E-state index in [4.69, 9.17) is 9.47 Å². The summed E-state index contributed by atoms with van der Waals surface area (Å²) >= 11 is 0. The summed E-state index contributed by atoms with van der Waals surface area (Å²) < 4.78 is 12.3. The van der Waals surface area contributed by atoms with Crippen molar-refractivity contribution in [3.63, 3.8) is 0 Å². The minimum atomic E-state index is -0.726. The van der Waals surface area contributed by atoms with Gasteiger partial charge in [-0.2, -0.15) is 0 Å². The fourth-order valence-electron chi connectivity index (χ4n) is 8.71. The molecule has 0 spiro atoms. The third kappa shape index (κ3) is 6.57. The summed E-state index contributed by atoms with van der Waals surface area (Å²) in [5.74, 6) is 4.52. The predicted octanol–water partition coefficient (Wildman–Crippen LogP) is 6.96. The van der Waals surface area contributed by atoms with Crippen LogP contribution in [-0.4, -0.2) is 29.8 Å². The number of fused-ring (bicyclic) bond motifs is 1. The Hall–Kier alpha value is -3.61. The molecule has 0 aliphatic heterocycles. The van der Waals surface area contributed by atoms with Crippen LogP contribution < -0.4 is 20.3 Å². The van der Waals surface area contributed by atoms with E-state index in [1.165, 1.54) is 56.6 Å². The van der Waals surface area contributed by atoms with E-state index in [0.29, 0.717) is 29.8 Å². The van der Waals surface area contributed by atoms with Crippen molar-refractivity contribution in [1.29, 1.82) is 0 Å². The largest absolute Gasteiger partial charge is 0.494 e. The van der Waals surface area contributed by atoms with Crippen LogP contribution in [0.2, 0.25) is 0 Å². The summed E-state index contributed by atoms with van der Waals surface area (Å²) in [7, 11) is 0. The van der Waals surface area contributed by atoms with Crippen molar-refractivity contribution in [3.05, 3.63) is 106 Å². The molecule has 4 bridgehead atoms. The monoisotopic (exact) mass is 592 g/mol. The van der Waals surface area contributed by atoms with Crippen LogP contribution in [0, 0.1) is 23.2 Å². The number of H-pyrrole nitrogens is 1. The molecule has 3 N–H and O–H groups in total. The molecule has 4 aliphatic rings. The highest BCUT2D eigenvalue weighted by molar-refractivity contribution is 5.87. The second-order valence-electron chi connectivity index (χ2n) is 13.7. The van der Waals surface area contributed by atoms with E-state index >= 15 is 0 Å². The summed E-state index contributed by atoms with van der Waals surface area (Å²) in [6.45, 7) is 2.37. The topological polar surface area (TPSA) is 83.6 Å². The highest BCUT2D eigenvalue weighted by Crippen LogP contribution is 2.61. The van der Waals surface area contributed by atoms with Gasteiger partial charge in [0.25, 0.3) is 0 Å². The molecule has 6 nitrogen and oxygen atoms in total. The standard InChI is InChI=1S/C38H44N2O4/c41-34(32-10-12-35(37-33(32)11-13-36(42)40-37)44-25-27-4-2-1-3-5-27)24-39-16-14-26-6-8-31(9-7-26)43-17-15-38-21-28-18-29(22-38)20-30(19-28)23-38/h1-13,28-30,34,39,41H,14-25H2,(H,40,42)/t28?,29?,30?,34-,38?/m0/s1. The summed E-state index contributed by atoms with van der Waals surface area (Å²) in [6, 6.07) is 25.4. The molecule has 0 saturated heterocycles. The lowest BCUT2D eigenvalue weighted by Gasteiger charge is -2.57. The quantitative estimate of drug-likeness (QED) is 0.146. The van der Waals surface area contributed by atoms with Crippen LogP contribution in [0.15, 0.2) is 83.7 Å². The first-order valence-electron chi connectivity index (χ1n) is 16.5. The Bertz CT molecular complexity index is 1580. The molecule has 4 fully saturated rings. The van der Waals surface area contributed by atoms with Crippen LogP contribution in [0.5, 0.6) is 11.5 Å². The maximum absolute atomic E-state index is 12.1. The van der Waals surface area contributed by atoms with Gasteiger partial charge in [-0.25, -0.2) is 0 Å². The zero-order valence-corrected chi connectivity index (χ0v) is 25.5. The molecule has 1 atom stereocenters. The van der Waals surface area contributed by atoms with Crippen LogP contribution in [0.25, 0.3) is 10.9 Å². The third-order valence-electron chi connectivity index (χ3n) is 10.4. The highest BCUT2D eigenvalue weighted by Gasteiger charge is 2.50. The molecule has 8 rings (SSSR count). The molecule has 4 saturated carbocycles. The van der Waals surface area contributed by atoms with Gasteiger partial charge in [-0.15, -0.1) is 0 Å². The molecule has 0 unspecified atom stereocenters. The maximum Gasteiger partial charge on any atom is 0.248 e. The maximum atomic E-state index is 12.1. The zero-order valence-electron chi connectivity index (χ0n) is 25.5. The smallest absolute Gasteiger partial charge is 0.248 e. The second kappa shape index (κ2) is 12.8. The van der Waals surface area contributed by atoms with Crippen molar-refractivity contribution in [1.82, 2.24) is 10.3 Å². The number of nitrogens with one attached hydrogen (secondary N) is 2. The SMILES string of the molecule is O=c1ccc2c([C@@H](O)CNCCc3ccc(OCCC45CC6CC(CC(C6)C4)C5)cc3)ccc(OCc3ccccc3)c2[nH]1. The first kappa shape index (κ1) is 29.1. The molecule has 0 amide bonds. The second-order valence-corrected chi connectivity index (χ2v) is 13.7. The van der Waals surface area contributed by atoms with Gasteiger partial charge in [0.05, 0.1) is 18.2 Å². The van der Waals surface area contributed by atoms with Gasteiger partial charge in [0.15, 0.2) is 0 Å². The first-order chi connectivity index (χ1) is 21.5. The van der Waals surface area contributed by atoms with Crippen LogP contribution in [0.3, 0.4) is 0 Å². The lowest BCUT2D eigenvalue weighted by Crippen LogP contribution is -2.46. The van der Waals surface area contributed by atoms with Gasteiger partial charge in [0.1, 0.15) is 18.1 Å². The molecule has 1 aromatic heterocycles. The molecule has 4 aliphatic carbocycles. The molecule has 6 heteroatoms. The molecule has 0 radical (unpaired) electrons. The third-order valence-corrected chi connectivity index (χ3v) is 10.4.